The summed E-state index contributed by atoms with van der Waals surface area (Å²) in [6.45, 7) is 1.44. The van der Waals surface area contributed by atoms with Crippen LogP contribution in [0.1, 0.15) is 57.5 Å². The molecule has 9 nitrogen and oxygen atoms in total. The number of rotatable bonds is 7. The number of hydrogen-bond acceptors (Lipinski definition) is 7. The van der Waals surface area contributed by atoms with E-state index in [1.54, 1.807) is 6.07 Å². The van der Waals surface area contributed by atoms with Crippen molar-refractivity contribution in [3.8, 4) is 5.75 Å². The number of nitrogens with zero attached hydrogens (tertiary/aromatic N) is 2. The van der Waals surface area contributed by atoms with Crippen LogP contribution in [0.4, 0.5) is 0 Å². The zero-order valence-electron chi connectivity index (χ0n) is 21.3. The van der Waals surface area contributed by atoms with Gasteiger partial charge in [-0.25, -0.2) is 9.80 Å². The Morgan fingerprint density at radius 1 is 0.950 bits per heavy atom. The van der Waals surface area contributed by atoms with Crippen LogP contribution in [0.5, 0.6) is 5.75 Å². The molecule has 0 unspecified atom stereocenters. The first-order chi connectivity index (χ1) is 19.1. The maximum Gasteiger partial charge on any atom is 0.379 e. The third-order valence-corrected chi connectivity index (χ3v) is 7.95. The molecule has 206 valence electrons. The molecule has 1 saturated carbocycles. The van der Waals surface area contributed by atoms with Crippen LogP contribution in [-0.2, 0) is 9.59 Å². The highest BCUT2D eigenvalue weighted by molar-refractivity contribution is 6.42. The van der Waals surface area contributed by atoms with E-state index in [0.717, 1.165) is 16.4 Å². The van der Waals surface area contributed by atoms with Gasteiger partial charge in [0.15, 0.2) is 5.78 Å². The van der Waals surface area contributed by atoms with Crippen molar-refractivity contribution in [3.05, 3.63) is 87.8 Å². The fourth-order valence-corrected chi connectivity index (χ4v) is 5.41. The highest BCUT2D eigenvalue weighted by atomic mass is 35.5. The molecule has 3 atom stereocenters. The van der Waals surface area contributed by atoms with Crippen molar-refractivity contribution in [3.63, 3.8) is 0 Å². The van der Waals surface area contributed by atoms with E-state index in [-0.39, 0.29) is 38.6 Å². The summed E-state index contributed by atoms with van der Waals surface area (Å²) < 4.78 is 10.2. The third-order valence-electron chi connectivity index (χ3n) is 7.21. The van der Waals surface area contributed by atoms with Crippen molar-refractivity contribution in [2.75, 3.05) is 6.54 Å². The second-order valence-electron chi connectivity index (χ2n) is 9.93. The fourth-order valence-electron chi connectivity index (χ4n) is 5.11. The van der Waals surface area contributed by atoms with Crippen LogP contribution in [0, 0.1) is 17.8 Å². The number of carbonyl (C=O) groups excluding carboxylic acids is 5. The molecule has 1 aliphatic heterocycles. The van der Waals surface area contributed by atoms with Gasteiger partial charge in [-0.3, -0.25) is 19.2 Å². The normalized spacial score (nSPS) is 20.3. The Morgan fingerprint density at radius 3 is 2.33 bits per heavy atom. The number of halogens is 2. The molecule has 1 aromatic heterocycles. The number of carbonyl (C=O) groups is 5. The molecule has 11 heteroatoms. The van der Waals surface area contributed by atoms with Gasteiger partial charge in [0.1, 0.15) is 12.3 Å². The molecule has 5 rings (SSSR count). The van der Waals surface area contributed by atoms with E-state index in [1.165, 1.54) is 54.8 Å². The molecule has 3 aromatic rings. The molecule has 0 N–H and O–H groups in total. The number of Topliss-reactive ketones (excluding diaryl/α,β-unsaturated/α-hetero) is 1. The molecule has 40 heavy (non-hydrogen) atoms. The Kier molecular flexibility index (Phi) is 7.78. The standard InChI is InChI=1S/C29H24Cl2N2O7/c1-16-4-10-20-21(13-16)28(37)33(27(20)36)32(26(35)18-7-11-22(30)23(31)14-18)15-24(34)17-5-8-19(9-6-17)40-29(38)25-3-2-12-39-25/h2-3,5-9,11-12,14,16,20-21H,4,10,13,15H2,1H3/t16-,20-,21-/m1/s1. The van der Waals surface area contributed by atoms with E-state index in [4.69, 9.17) is 32.4 Å². The van der Waals surface area contributed by atoms with E-state index in [9.17, 15) is 24.0 Å². The number of benzene rings is 2. The summed E-state index contributed by atoms with van der Waals surface area (Å²) in [5.74, 6) is -3.61. The lowest BCUT2D eigenvalue weighted by Gasteiger charge is -2.30. The predicted molar refractivity (Wildman–Crippen MR) is 144 cm³/mol. The van der Waals surface area contributed by atoms with E-state index >= 15 is 0 Å². The van der Waals surface area contributed by atoms with Gasteiger partial charge in [0, 0.05) is 11.1 Å². The third kappa shape index (κ3) is 5.39. The Balaban J connectivity index is 1.40. The van der Waals surface area contributed by atoms with Gasteiger partial charge in [0.2, 0.25) is 5.76 Å². The number of imide groups is 1. The molecule has 3 amide bonds. The largest absolute Gasteiger partial charge is 0.457 e. The van der Waals surface area contributed by atoms with Crippen molar-refractivity contribution in [1.82, 2.24) is 10.0 Å². The predicted octanol–water partition coefficient (Wildman–Crippen LogP) is 5.47. The van der Waals surface area contributed by atoms with E-state index in [2.05, 4.69) is 0 Å². The molecule has 0 spiro atoms. The van der Waals surface area contributed by atoms with Gasteiger partial charge in [-0.15, -0.1) is 0 Å². The maximum atomic E-state index is 13.7. The number of ether oxygens (including phenoxy) is 1. The van der Waals surface area contributed by atoms with Crippen molar-refractivity contribution < 1.29 is 33.1 Å². The number of fused-ring (bicyclic) bond motifs is 1. The number of esters is 1. The summed E-state index contributed by atoms with van der Waals surface area (Å²) in [5, 5.41) is 2.05. The van der Waals surface area contributed by atoms with Crippen molar-refractivity contribution in [1.29, 1.82) is 0 Å². The second-order valence-corrected chi connectivity index (χ2v) is 10.7. The lowest BCUT2D eigenvalue weighted by Crippen LogP contribution is -2.52. The smallest absolute Gasteiger partial charge is 0.379 e. The summed E-state index contributed by atoms with van der Waals surface area (Å²) in [6, 6.07) is 12.8. The van der Waals surface area contributed by atoms with Gasteiger partial charge < -0.3 is 9.15 Å². The zero-order valence-corrected chi connectivity index (χ0v) is 22.9. The first kappa shape index (κ1) is 27.6. The van der Waals surface area contributed by atoms with Crippen LogP contribution in [0.15, 0.2) is 65.3 Å². The molecule has 2 aromatic carbocycles. The number of furan rings is 1. The summed E-state index contributed by atoms with van der Waals surface area (Å²) in [7, 11) is 0. The van der Waals surface area contributed by atoms with Crippen molar-refractivity contribution in [2.24, 2.45) is 17.8 Å². The minimum absolute atomic E-state index is 0.0199. The summed E-state index contributed by atoms with van der Waals surface area (Å²) in [4.78, 5) is 66.0. The van der Waals surface area contributed by atoms with Crippen LogP contribution in [0.3, 0.4) is 0 Å². The second kappa shape index (κ2) is 11.3. The molecular weight excluding hydrogens is 559 g/mol. The van der Waals surface area contributed by atoms with Crippen LogP contribution >= 0.6 is 23.2 Å². The summed E-state index contributed by atoms with van der Waals surface area (Å²) >= 11 is 12.1. The minimum Gasteiger partial charge on any atom is -0.457 e. The first-order valence-corrected chi connectivity index (χ1v) is 13.4. The topological polar surface area (TPSA) is 114 Å². The van der Waals surface area contributed by atoms with E-state index in [0.29, 0.717) is 12.8 Å². The summed E-state index contributed by atoms with van der Waals surface area (Å²) in [6.07, 6.45) is 3.21. The van der Waals surface area contributed by atoms with Crippen LogP contribution in [0.2, 0.25) is 10.0 Å². The molecule has 2 heterocycles. The van der Waals surface area contributed by atoms with Gasteiger partial charge in [-0.05, 0) is 79.8 Å². The number of ketones is 1. The molecule has 2 fully saturated rings. The monoisotopic (exact) mass is 582 g/mol. The van der Waals surface area contributed by atoms with Gasteiger partial charge in [-0.2, -0.15) is 5.01 Å². The average Bonchev–Trinajstić information content (AvgIpc) is 3.56. The van der Waals surface area contributed by atoms with Gasteiger partial charge in [0.05, 0.1) is 28.1 Å². The molecule has 0 bridgehead atoms. The van der Waals surface area contributed by atoms with Gasteiger partial charge >= 0.3 is 5.97 Å². The number of amides is 3. The Bertz CT molecular complexity index is 1490. The maximum absolute atomic E-state index is 13.7. The van der Waals surface area contributed by atoms with Crippen LogP contribution < -0.4 is 4.74 Å². The molecule has 0 radical (unpaired) electrons. The lowest BCUT2D eigenvalue weighted by molar-refractivity contribution is -0.154. The van der Waals surface area contributed by atoms with E-state index < -0.39 is 47.9 Å². The highest BCUT2D eigenvalue weighted by Gasteiger charge is 2.52. The number of hydrazine groups is 1. The fraction of sp³-hybridized carbons (Fsp3) is 0.276. The molecular formula is C29H24Cl2N2O7. The van der Waals surface area contributed by atoms with E-state index in [1.807, 2.05) is 6.92 Å². The quantitative estimate of drug-likeness (QED) is 0.157. The Hall–Kier alpha value is -3.95. The molecule has 2 aliphatic rings. The van der Waals surface area contributed by atoms with Crippen LogP contribution in [-0.4, -0.2) is 46.0 Å². The van der Waals surface area contributed by atoms with Crippen molar-refractivity contribution in [2.45, 2.75) is 26.2 Å². The Morgan fingerprint density at radius 2 is 1.65 bits per heavy atom. The molecule has 1 aliphatic carbocycles. The van der Waals surface area contributed by atoms with Crippen molar-refractivity contribution >= 4 is 52.7 Å². The zero-order chi connectivity index (χ0) is 28.6. The lowest BCUT2D eigenvalue weighted by atomic mass is 9.76. The van der Waals surface area contributed by atoms with Gasteiger partial charge in [-0.1, -0.05) is 30.1 Å². The SMILES string of the molecule is C[C@@H]1CC[C@H]2C(=O)N(N(CC(=O)c3ccc(OC(=O)c4ccco4)cc3)C(=O)c3ccc(Cl)c(Cl)c3)C(=O)[C@@H]2C1. The van der Waals surface area contributed by atoms with Crippen LogP contribution in [0.25, 0.3) is 0 Å². The minimum atomic E-state index is -0.746. The first-order valence-electron chi connectivity index (χ1n) is 12.7. The van der Waals surface area contributed by atoms with Gasteiger partial charge in [0.25, 0.3) is 17.7 Å². The summed E-state index contributed by atoms with van der Waals surface area (Å²) in [5.41, 5.74) is 0.237. The number of hydrogen-bond donors (Lipinski definition) is 0. The highest BCUT2D eigenvalue weighted by Crippen LogP contribution is 2.41. The Labute approximate surface area is 239 Å². The molecule has 1 saturated heterocycles. The average molecular weight is 583 g/mol.